The second-order valence-electron chi connectivity index (χ2n) is 4.02. The van der Waals surface area contributed by atoms with E-state index in [1.807, 2.05) is 12.1 Å². The molecule has 86 valence electrons. The Balaban J connectivity index is 2.50. The molecule has 0 unspecified atom stereocenters. The zero-order valence-corrected chi connectivity index (χ0v) is 10.2. The van der Waals surface area contributed by atoms with Crippen molar-refractivity contribution < 1.29 is 0 Å². The third kappa shape index (κ3) is 3.72. The molecule has 15 heavy (non-hydrogen) atoms. The van der Waals surface area contributed by atoms with Gasteiger partial charge >= 0.3 is 0 Å². The van der Waals surface area contributed by atoms with E-state index in [0.29, 0.717) is 11.7 Å². The van der Waals surface area contributed by atoms with Crippen molar-refractivity contribution in [2.24, 2.45) is 10.8 Å². The molecule has 4 nitrogen and oxygen atoms in total. The van der Waals surface area contributed by atoms with Crippen molar-refractivity contribution >= 4 is 16.8 Å². The van der Waals surface area contributed by atoms with E-state index in [2.05, 4.69) is 23.6 Å². The molecule has 1 saturated heterocycles. The Morgan fingerprint density at radius 2 is 2.07 bits per heavy atom. The Labute approximate surface area is 96.4 Å². The maximum absolute atomic E-state index is 5.83. The highest BCUT2D eigenvalue weighted by Crippen LogP contribution is 2.14. The lowest BCUT2D eigenvalue weighted by molar-refractivity contribution is 0.148. The molecule has 5 heteroatoms. The maximum atomic E-state index is 5.83. The molecule has 0 aromatic carbocycles. The molecule has 1 rings (SSSR count). The highest BCUT2D eigenvalue weighted by molar-refractivity contribution is 6.69. The van der Waals surface area contributed by atoms with Crippen LogP contribution in [0.1, 0.15) is 12.8 Å². The van der Waals surface area contributed by atoms with Crippen molar-refractivity contribution in [3.8, 4) is 0 Å². The van der Waals surface area contributed by atoms with Crippen molar-refractivity contribution in [2.45, 2.75) is 18.9 Å². The second kappa shape index (κ2) is 5.37. The lowest BCUT2D eigenvalue weighted by Crippen LogP contribution is -2.40. The van der Waals surface area contributed by atoms with Crippen LogP contribution in [-0.2, 0) is 0 Å². The highest BCUT2D eigenvalue weighted by Gasteiger charge is 2.19. The topological polar surface area (TPSA) is 44.9 Å². The van der Waals surface area contributed by atoms with Gasteiger partial charge in [0.05, 0.1) is 5.70 Å². The molecule has 1 aliphatic heterocycles. The van der Waals surface area contributed by atoms with Crippen LogP contribution in [0.4, 0.5) is 0 Å². The average Bonchev–Trinajstić information content (AvgIpc) is 2.18. The van der Waals surface area contributed by atoms with E-state index in [9.17, 15) is 0 Å². The molecule has 1 fully saturated rings. The van der Waals surface area contributed by atoms with Crippen molar-refractivity contribution in [2.75, 3.05) is 27.2 Å². The lowest BCUT2D eigenvalue weighted by atomic mass is 10.1. The molecule has 1 heterocycles. The van der Waals surface area contributed by atoms with E-state index in [0.717, 1.165) is 25.9 Å². The normalized spacial score (nSPS) is 20.3. The Bertz CT molecular complexity index is 256. The van der Waals surface area contributed by atoms with Crippen LogP contribution in [0.25, 0.3) is 0 Å². The first-order chi connectivity index (χ1) is 7.00. The van der Waals surface area contributed by atoms with Crippen molar-refractivity contribution in [1.82, 2.24) is 9.91 Å². The van der Waals surface area contributed by atoms with Crippen molar-refractivity contribution in [1.29, 1.82) is 0 Å². The van der Waals surface area contributed by atoms with Gasteiger partial charge in [0.15, 0.2) is 5.17 Å². The molecule has 0 atom stereocenters. The van der Waals surface area contributed by atoms with E-state index in [1.54, 1.807) is 0 Å². The summed E-state index contributed by atoms with van der Waals surface area (Å²) in [5.41, 5.74) is 5.76. The number of halogens is 1. The minimum atomic E-state index is 0.288. The summed E-state index contributed by atoms with van der Waals surface area (Å²) >= 11 is 5.83. The van der Waals surface area contributed by atoms with Gasteiger partial charge in [0.2, 0.25) is 0 Å². The summed E-state index contributed by atoms with van der Waals surface area (Å²) in [6, 6.07) is 0.453. The van der Waals surface area contributed by atoms with Gasteiger partial charge in [0.25, 0.3) is 0 Å². The summed E-state index contributed by atoms with van der Waals surface area (Å²) in [5, 5.41) is 6.38. The highest BCUT2D eigenvalue weighted by atomic mass is 35.5. The molecule has 0 aromatic rings. The summed E-state index contributed by atoms with van der Waals surface area (Å²) in [6.45, 7) is 5.75. The van der Waals surface area contributed by atoms with Crippen LogP contribution >= 0.6 is 11.6 Å². The van der Waals surface area contributed by atoms with E-state index in [1.165, 1.54) is 0 Å². The number of hydrazone groups is 1. The van der Waals surface area contributed by atoms with Gasteiger partial charge in [0, 0.05) is 13.1 Å². The van der Waals surface area contributed by atoms with Crippen LogP contribution in [0.15, 0.2) is 17.4 Å². The molecule has 0 spiro atoms. The van der Waals surface area contributed by atoms with Crippen LogP contribution < -0.4 is 5.73 Å². The number of allylic oxidation sites excluding steroid dienone is 1. The maximum Gasteiger partial charge on any atom is 0.171 e. The predicted octanol–water partition coefficient (Wildman–Crippen LogP) is 1.04. The molecule has 0 aliphatic carbocycles. The summed E-state index contributed by atoms with van der Waals surface area (Å²) in [7, 11) is 4.06. The molecule has 0 radical (unpaired) electrons. The third-order valence-corrected chi connectivity index (χ3v) is 3.05. The second-order valence-corrected chi connectivity index (χ2v) is 4.38. The SMILES string of the molecule is C=C(N)/C(Cl)=N/N(C)C1CCN(C)CC1. The van der Waals surface area contributed by atoms with Crippen molar-refractivity contribution in [3.63, 3.8) is 0 Å². The Morgan fingerprint density at radius 3 is 2.53 bits per heavy atom. The van der Waals surface area contributed by atoms with Crippen molar-refractivity contribution in [3.05, 3.63) is 12.3 Å². The van der Waals surface area contributed by atoms with Crippen LogP contribution in [0, 0.1) is 0 Å². The molecule has 2 N–H and O–H groups in total. The fourth-order valence-corrected chi connectivity index (χ4v) is 1.77. The van der Waals surface area contributed by atoms with Crippen LogP contribution in [0.3, 0.4) is 0 Å². The summed E-state index contributed by atoms with van der Waals surface area (Å²) in [5.74, 6) is 0. The minimum absolute atomic E-state index is 0.288. The molecule has 0 aromatic heterocycles. The van der Waals surface area contributed by atoms with Gasteiger partial charge in [-0.1, -0.05) is 18.2 Å². The van der Waals surface area contributed by atoms with Gasteiger partial charge in [0.1, 0.15) is 0 Å². The third-order valence-electron chi connectivity index (χ3n) is 2.73. The number of hydrogen-bond acceptors (Lipinski definition) is 4. The first kappa shape index (κ1) is 12.3. The van der Waals surface area contributed by atoms with Gasteiger partial charge in [-0.15, -0.1) is 0 Å². The standard InChI is InChI=1S/C10H19ClN4/c1-8(12)10(11)13-15(3)9-4-6-14(2)7-5-9/h9H,1,4-7,12H2,2-3H3/b13-10-. The molecular weight excluding hydrogens is 212 g/mol. The number of rotatable bonds is 3. The molecule has 0 bridgehead atoms. The number of nitrogens with two attached hydrogens (primary N) is 1. The van der Waals surface area contributed by atoms with Gasteiger partial charge in [-0.25, -0.2) is 0 Å². The first-order valence-corrected chi connectivity index (χ1v) is 5.48. The Morgan fingerprint density at radius 1 is 1.53 bits per heavy atom. The fraction of sp³-hybridized carbons (Fsp3) is 0.700. The average molecular weight is 231 g/mol. The molecule has 0 amide bonds. The quantitative estimate of drug-likeness (QED) is 0.582. The molecule has 1 aliphatic rings. The van der Waals surface area contributed by atoms with Crippen LogP contribution in [-0.4, -0.2) is 48.3 Å². The largest absolute Gasteiger partial charge is 0.397 e. The van der Waals surface area contributed by atoms with Gasteiger partial charge < -0.3 is 10.6 Å². The molecule has 0 saturated carbocycles. The fourth-order valence-electron chi connectivity index (χ4n) is 1.65. The van der Waals surface area contributed by atoms with Crippen LogP contribution in [0.2, 0.25) is 0 Å². The van der Waals surface area contributed by atoms with E-state index in [-0.39, 0.29) is 5.17 Å². The zero-order valence-electron chi connectivity index (χ0n) is 9.41. The van der Waals surface area contributed by atoms with E-state index in [4.69, 9.17) is 17.3 Å². The summed E-state index contributed by atoms with van der Waals surface area (Å²) in [6.07, 6.45) is 2.22. The number of hydrogen-bond donors (Lipinski definition) is 1. The number of likely N-dealkylation sites (tertiary alicyclic amines) is 1. The first-order valence-electron chi connectivity index (χ1n) is 5.11. The molecular formula is C10H19ClN4. The summed E-state index contributed by atoms with van der Waals surface area (Å²) < 4.78 is 0. The smallest absolute Gasteiger partial charge is 0.171 e. The van der Waals surface area contributed by atoms with Crippen LogP contribution in [0.5, 0.6) is 0 Å². The number of nitrogens with zero attached hydrogens (tertiary/aromatic N) is 3. The van der Waals surface area contributed by atoms with E-state index < -0.39 is 0 Å². The van der Waals surface area contributed by atoms with Gasteiger partial charge in [-0.2, -0.15) is 5.10 Å². The Hall–Kier alpha value is -0.740. The monoisotopic (exact) mass is 230 g/mol. The van der Waals surface area contributed by atoms with E-state index >= 15 is 0 Å². The predicted molar refractivity (Wildman–Crippen MR) is 64.9 cm³/mol. The lowest BCUT2D eigenvalue weighted by Gasteiger charge is -2.33. The number of piperidine rings is 1. The summed E-state index contributed by atoms with van der Waals surface area (Å²) in [4.78, 5) is 2.32. The minimum Gasteiger partial charge on any atom is -0.397 e. The van der Waals surface area contributed by atoms with Gasteiger partial charge in [-0.05, 0) is 33.0 Å². The zero-order chi connectivity index (χ0) is 11.4. The van der Waals surface area contributed by atoms with Gasteiger partial charge in [-0.3, -0.25) is 5.01 Å². The Kier molecular flexibility index (Phi) is 4.42.